The first-order valence-corrected chi connectivity index (χ1v) is 10.1. The maximum Gasteiger partial charge on any atom is 0.338 e. The van der Waals surface area contributed by atoms with Gasteiger partial charge in [-0.1, -0.05) is 30.3 Å². The molecular weight excluding hydrogens is 412 g/mol. The van der Waals surface area contributed by atoms with Gasteiger partial charge in [0, 0.05) is 11.6 Å². The first-order valence-electron chi connectivity index (χ1n) is 10.1. The minimum absolute atomic E-state index is 0.227. The highest BCUT2D eigenvalue weighted by atomic mass is 16.5. The quantitative estimate of drug-likeness (QED) is 0.564. The second-order valence-electron chi connectivity index (χ2n) is 6.88. The summed E-state index contributed by atoms with van der Waals surface area (Å²) in [5, 5.41) is 7.62. The molecule has 0 spiro atoms. The minimum Gasteiger partial charge on any atom is -0.496 e. The van der Waals surface area contributed by atoms with Gasteiger partial charge in [-0.15, -0.1) is 0 Å². The Morgan fingerprint density at radius 2 is 1.72 bits per heavy atom. The van der Waals surface area contributed by atoms with E-state index in [1.807, 2.05) is 30.3 Å². The number of carbonyl (C=O) groups excluding carboxylic acids is 1. The van der Waals surface area contributed by atoms with E-state index in [-0.39, 0.29) is 6.61 Å². The zero-order chi connectivity index (χ0) is 22.7. The summed E-state index contributed by atoms with van der Waals surface area (Å²) in [4.78, 5) is 17.6. The standard InChI is InChI=1S/C23H24N4O5/c1-5-32-22(28)19-20(14-9-7-6-8-10-14)26-23-24-13-25-27(23)21(19)15-11-17(30-3)18(31-4)12-16(15)29-2/h6-13,21H,5H2,1-4H3,(H,24,25,26). The van der Waals surface area contributed by atoms with E-state index in [0.29, 0.717) is 40.0 Å². The molecule has 4 rings (SSSR count). The molecule has 1 N–H and O–H groups in total. The van der Waals surface area contributed by atoms with Crippen LogP contribution in [0, 0.1) is 0 Å². The van der Waals surface area contributed by atoms with Crippen LogP contribution in [0.15, 0.2) is 54.4 Å². The Hall–Kier alpha value is -4.01. The maximum atomic E-state index is 13.3. The Kier molecular flexibility index (Phi) is 5.98. The van der Waals surface area contributed by atoms with Crippen molar-refractivity contribution < 1.29 is 23.7 Å². The van der Waals surface area contributed by atoms with E-state index >= 15 is 0 Å². The molecule has 2 aromatic carbocycles. The van der Waals surface area contributed by atoms with E-state index < -0.39 is 12.0 Å². The molecule has 1 aliphatic rings. The number of aromatic nitrogens is 3. The molecule has 2 heterocycles. The smallest absolute Gasteiger partial charge is 0.338 e. The Labute approximate surface area is 185 Å². The summed E-state index contributed by atoms with van der Waals surface area (Å²) in [7, 11) is 4.66. The van der Waals surface area contributed by atoms with E-state index in [1.54, 1.807) is 45.1 Å². The van der Waals surface area contributed by atoms with E-state index in [4.69, 9.17) is 18.9 Å². The van der Waals surface area contributed by atoms with Crippen molar-refractivity contribution in [2.24, 2.45) is 0 Å². The number of fused-ring (bicyclic) bond motifs is 1. The molecule has 0 aliphatic carbocycles. The van der Waals surface area contributed by atoms with Crippen LogP contribution in [0.4, 0.5) is 5.95 Å². The number of nitrogens with one attached hydrogen (secondary N) is 1. The van der Waals surface area contributed by atoms with Gasteiger partial charge in [0.25, 0.3) is 0 Å². The zero-order valence-electron chi connectivity index (χ0n) is 18.3. The number of carbonyl (C=O) groups is 1. The van der Waals surface area contributed by atoms with Crippen molar-refractivity contribution >= 4 is 17.6 Å². The van der Waals surface area contributed by atoms with Crippen molar-refractivity contribution in [3.8, 4) is 17.2 Å². The molecule has 1 atom stereocenters. The number of rotatable bonds is 7. The van der Waals surface area contributed by atoms with E-state index in [9.17, 15) is 4.79 Å². The van der Waals surface area contributed by atoms with Crippen LogP contribution in [0.5, 0.6) is 17.2 Å². The highest BCUT2D eigenvalue weighted by Crippen LogP contribution is 2.45. The molecule has 0 amide bonds. The minimum atomic E-state index is -0.683. The summed E-state index contributed by atoms with van der Waals surface area (Å²) in [6, 6.07) is 12.4. The topological polar surface area (TPSA) is 96.7 Å². The summed E-state index contributed by atoms with van der Waals surface area (Å²) in [6.45, 7) is 1.99. The third kappa shape index (κ3) is 3.62. The van der Waals surface area contributed by atoms with E-state index in [2.05, 4.69) is 15.4 Å². The van der Waals surface area contributed by atoms with Crippen molar-refractivity contribution in [3.63, 3.8) is 0 Å². The van der Waals surface area contributed by atoms with Crippen molar-refractivity contribution in [1.29, 1.82) is 0 Å². The maximum absolute atomic E-state index is 13.3. The SMILES string of the molecule is CCOC(=O)C1=C(c2ccccc2)Nc2ncnn2C1c1cc(OC)c(OC)cc1OC. The molecule has 9 heteroatoms. The highest BCUT2D eigenvalue weighted by molar-refractivity contribution is 6.02. The van der Waals surface area contributed by atoms with Crippen LogP contribution in [0.2, 0.25) is 0 Å². The van der Waals surface area contributed by atoms with Crippen LogP contribution in [0.25, 0.3) is 5.70 Å². The summed E-state index contributed by atoms with van der Waals surface area (Å²) in [6.07, 6.45) is 1.43. The van der Waals surface area contributed by atoms with Gasteiger partial charge in [-0.2, -0.15) is 10.1 Å². The summed E-state index contributed by atoms with van der Waals surface area (Å²) in [5.74, 6) is 1.52. The number of methoxy groups -OCH3 is 3. The van der Waals surface area contributed by atoms with Crippen LogP contribution in [-0.2, 0) is 9.53 Å². The Morgan fingerprint density at radius 1 is 1.03 bits per heavy atom. The third-order valence-corrected chi connectivity index (χ3v) is 5.19. The van der Waals surface area contributed by atoms with Crippen LogP contribution in [0.1, 0.15) is 24.1 Å². The first-order chi connectivity index (χ1) is 15.6. The monoisotopic (exact) mass is 436 g/mol. The summed E-state index contributed by atoms with van der Waals surface area (Å²) in [5.41, 5.74) is 2.43. The van der Waals surface area contributed by atoms with Crippen molar-refractivity contribution in [3.05, 3.63) is 65.5 Å². The average Bonchev–Trinajstić information content (AvgIpc) is 3.31. The third-order valence-electron chi connectivity index (χ3n) is 5.19. The molecule has 0 saturated heterocycles. The van der Waals surface area contributed by atoms with Gasteiger partial charge in [0.15, 0.2) is 11.5 Å². The van der Waals surface area contributed by atoms with Gasteiger partial charge in [0.1, 0.15) is 18.1 Å². The van der Waals surface area contributed by atoms with Crippen molar-refractivity contribution in [2.45, 2.75) is 13.0 Å². The number of nitrogens with zero attached hydrogens (tertiary/aromatic N) is 3. The lowest BCUT2D eigenvalue weighted by Crippen LogP contribution is -2.30. The van der Waals surface area contributed by atoms with Gasteiger partial charge >= 0.3 is 5.97 Å². The van der Waals surface area contributed by atoms with Crippen LogP contribution < -0.4 is 19.5 Å². The molecular formula is C23H24N4O5. The van der Waals surface area contributed by atoms with Crippen molar-refractivity contribution in [2.75, 3.05) is 33.3 Å². The Morgan fingerprint density at radius 3 is 2.38 bits per heavy atom. The molecule has 0 fully saturated rings. The molecule has 3 aromatic rings. The summed E-state index contributed by atoms with van der Waals surface area (Å²) >= 11 is 0. The second kappa shape index (κ2) is 9.01. The van der Waals surface area contributed by atoms with Gasteiger partial charge < -0.3 is 24.3 Å². The Balaban J connectivity index is 2.02. The van der Waals surface area contributed by atoms with Gasteiger partial charge in [0.05, 0.1) is 39.2 Å². The molecule has 9 nitrogen and oxygen atoms in total. The largest absolute Gasteiger partial charge is 0.496 e. The first kappa shape index (κ1) is 21.2. The lowest BCUT2D eigenvalue weighted by Gasteiger charge is -2.30. The molecule has 166 valence electrons. The fourth-order valence-electron chi connectivity index (χ4n) is 3.78. The fourth-order valence-corrected chi connectivity index (χ4v) is 3.78. The number of hydrogen-bond acceptors (Lipinski definition) is 8. The lowest BCUT2D eigenvalue weighted by atomic mass is 9.92. The van der Waals surface area contributed by atoms with Crippen LogP contribution in [-0.4, -0.2) is 48.7 Å². The average molecular weight is 436 g/mol. The summed E-state index contributed by atoms with van der Waals surface area (Å²) < 4.78 is 23.7. The van der Waals surface area contributed by atoms with Gasteiger partial charge in [-0.25, -0.2) is 9.48 Å². The number of esters is 1. The van der Waals surface area contributed by atoms with Crippen molar-refractivity contribution in [1.82, 2.24) is 14.8 Å². The highest BCUT2D eigenvalue weighted by Gasteiger charge is 2.38. The lowest BCUT2D eigenvalue weighted by molar-refractivity contribution is -0.138. The van der Waals surface area contributed by atoms with E-state index in [1.165, 1.54) is 6.33 Å². The predicted molar refractivity (Wildman–Crippen MR) is 118 cm³/mol. The number of hydrogen-bond donors (Lipinski definition) is 1. The molecule has 0 saturated carbocycles. The second-order valence-corrected chi connectivity index (χ2v) is 6.88. The van der Waals surface area contributed by atoms with E-state index in [0.717, 1.165) is 5.56 Å². The molecule has 1 aliphatic heterocycles. The molecule has 0 bridgehead atoms. The number of ether oxygens (including phenoxy) is 4. The van der Waals surface area contributed by atoms with Crippen LogP contribution >= 0.6 is 0 Å². The fraction of sp³-hybridized carbons (Fsp3) is 0.261. The normalized spacial score (nSPS) is 14.9. The van der Waals surface area contributed by atoms with Gasteiger partial charge in [0.2, 0.25) is 5.95 Å². The molecule has 0 radical (unpaired) electrons. The Bertz CT molecular complexity index is 1160. The number of benzene rings is 2. The zero-order valence-corrected chi connectivity index (χ0v) is 18.3. The molecule has 1 unspecified atom stereocenters. The van der Waals surface area contributed by atoms with Crippen LogP contribution in [0.3, 0.4) is 0 Å². The van der Waals surface area contributed by atoms with Gasteiger partial charge in [-0.3, -0.25) is 0 Å². The molecule has 1 aromatic heterocycles. The van der Waals surface area contributed by atoms with Gasteiger partial charge in [-0.05, 0) is 18.6 Å². The predicted octanol–water partition coefficient (Wildman–Crippen LogP) is 3.29. The number of anilines is 1. The molecule has 32 heavy (non-hydrogen) atoms.